The van der Waals surface area contributed by atoms with Crippen LogP contribution in [0.4, 0.5) is 35.4 Å². The molecule has 0 radical (unpaired) electrons. The van der Waals surface area contributed by atoms with E-state index in [1.54, 1.807) is 0 Å². The Bertz CT molecular complexity index is 1470. The number of nitrogens with one attached hydrogen (secondary N) is 3. The van der Waals surface area contributed by atoms with E-state index in [1.807, 2.05) is 6.33 Å². The van der Waals surface area contributed by atoms with Crippen LogP contribution in [0.15, 0.2) is 24.5 Å². The smallest absolute Gasteiger partial charge is 0.365 e. The first-order valence-corrected chi connectivity index (χ1v) is 15.6. The maximum atomic E-state index is 13.1. The average molecular weight is 709 g/mol. The third-order valence-electron chi connectivity index (χ3n) is 8.78. The van der Waals surface area contributed by atoms with E-state index in [0.717, 1.165) is 67.9 Å². The van der Waals surface area contributed by atoms with Gasteiger partial charge in [-0.2, -0.15) is 23.1 Å². The fourth-order valence-corrected chi connectivity index (χ4v) is 6.47. The minimum absolute atomic E-state index is 0. The zero-order valence-electron chi connectivity index (χ0n) is 25.1. The molecule has 0 spiro atoms. The van der Waals surface area contributed by atoms with Gasteiger partial charge in [0.1, 0.15) is 0 Å². The van der Waals surface area contributed by atoms with Crippen molar-refractivity contribution in [3.05, 3.63) is 35.1 Å². The predicted octanol–water partition coefficient (Wildman–Crippen LogP) is 7.18. The second-order valence-corrected chi connectivity index (χ2v) is 12.4. The number of hydroxylamine groups is 2. The fraction of sp³-hybridized carbons (Fsp3) is 0.586. The number of halogens is 6. The molecule has 3 heterocycles. The number of hydrogen-bond acceptors (Lipinski definition) is 9. The topological polar surface area (TPSA) is 135 Å². The molecule has 254 valence electrons. The van der Waals surface area contributed by atoms with Crippen LogP contribution >= 0.6 is 36.4 Å². The number of nitrogens with two attached hydrogens (primary N) is 1. The van der Waals surface area contributed by atoms with Crippen LogP contribution < -0.4 is 21.7 Å². The molecule has 2 aliphatic carbocycles. The lowest BCUT2D eigenvalue weighted by Crippen LogP contribution is -2.41. The van der Waals surface area contributed by atoms with Crippen molar-refractivity contribution in [2.45, 2.75) is 94.6 Å². The first-order valence-electron chi connectivity index (χ1n) is 15.3. The monoisotopic (exact) mass is 707 g/mol. The normalized spacial score (nSPS) is 21.3. The molecule has 17 heteroatoms. The Morgan fingerprint density at radius 1 is 0.957 bits per heavy atom. The van der Waals surface area contributed by atoms with E-state index in [4.69, 9.17) is 37.1 Å². The molecule has 0 unspecified atom stereocenters. The van der Waals surface area contributed by atoms with E-state index in [9.17, 15) is 18.0 Å². The summed E-state index contributed by atoms with van der Waals surface area (Å²) in [5.41, 5.74) is 6.56. The van der Waals surface area contributed by atoms with Crippen LogP contribution in [0.5, 0.6) is 0 Å². The second-order valence-electron chi connectivity index (χ2n) is 12.0. The van der Waals surface area contributed by atoms with Gasteiger partial charge in [0, 0.05) is 37.3 Å². The van der Waals surface area contributed by atoms with E-state index in [2.05, 4.69) is 20.5 Å². The predicted molar refractivity (Wildman–Crippen MR) is 176 cm³/mol. The average Bonchev–Trinajstić information content (AvgIpc) is 3.66. The summed E-state index contributed by atoms with van der Waals surface area (Å²) < 4.78 is 41.4. The van der Waals surface area contributed by atoms with Crippen LogP contribution in [0, 0.1) is 0 Å². The number of hydrogen-bond donors (Lipinski definition) is 4. The third-order valence-corrected chi connectivity index (χ3v) is 9.11. The van der Waals surface area contributed by atoms with Crippen LogP contribution in [0.1, 0.15) is 75.8 Å². The van der Waals surface area contributed by atoms with Gasteiger partial charge in [-0.15, -0.1) is 29.9 Å². The van der Waals surface area contributed by atoms with Crippen molar-refractivity contribution in [3.63, 3.8) is 0 Å². The Kier molecular flexibility index (Phi) is 12.1. The molecule has 1 aromatic carbocycles. The molecule has 46 heavy (non-hydrogen) atoms. The first-order chi connectivity index (χ1) is 21.1. The Balaban J connectivity index is 0.00000240. The van der Waals surface area contributed by atoms with Crippen molar-refractivity contribution in [1.82, 2.24) is 24.6 Å². The Hall–Kier alpha value is -2.78. The highest BCUT2D eigenvalue weighted by molar-refractivity contribution is 6.33. The molecule has 3 fully saturated rings. The van der Waals surface area contributed by atoms with Crippen LogP contribution in [0.25, 0.3) is 11.2 Å². The summed E-state index contributed by atoms with van der Waals surface area (Å²) in [6.07, 6.45) is 6.14. The molecule has 0 atom stereocenters. The van der Waals surface area contributed by atoms with Crippen LogP contribution in [-0.2, 0) is 11.0 Å². The van der Waals surface area contributed by atoms with Crippen molar-refractivity contribution in [2.75, 3.05) is 29.0 Å². The maximum absolute atomic E-state index is 13.1. The zero-order valence-corrected chi connectivity index (χ0v) is 27.5. The molecule has 0 bridgehead atoms. The van der Waals surface area contributed by atoms with Crippen molar-refractivity contribution in [1.29, 1.82) is 0 Å². The number of piperidine rings is 1. The van der Waals surface area contributed by atoms with Gasteiger partial charge in [-0.05, 0) is 69.6 Å². The van der Waals surface area contributed by atoms with Crippen LogP contribution in [0.2, 0.25) is 5.02 Å². The fourth-order valence-electron chi connectivity index (χ4n) is 6.31. The molecule has 1 amide bonds. The SMILES string of the molecule is Cl.Cl.N[C@H]1CC[C@H](Nc2nc(NC3CCN(OC(=O)Nc4cc(C(F)(F)F)ccc4Cl)CC3)c3ncn(C4CCCC4)c3n2)CC1. The molecule has 3 aromatic rings. The van der Waals surface area contributed by atoms with E-state index < -0.39 is 17.8 Å². The number of benzene rings is 1. The summed E-state index contributed by atoms with van der Waals surface area (Å²) in [5, 5.41) is 10.9. The van der Waals surface area contributed by atoms with Crippen LogP contribution in [0.3, 0.4) is 0 Å². The van der Waals surface area contributed by atoms with Gasteiger partial charge in [0.15, 0.2) is 17.0 Å². The number of imidazole rings is 1. The van der Waals surface area contributed by atoms with E-state index in [0.29, 0.717) is 43.7 Å². The number of amides is 1. The molecule has 1 aliphatic heterocycles. The van der Waals surface area contributed by atoms with Crippen molar-refractivity contribution in [3.8, 4) is 0 Å². The molecule has 11 nitrogen and oxygen atoms in total. The quantitative estimate of drug-likeness (QED) is 0.201. The van der Waals surface area contributed by atoms with E-state index in [-0.39, 0.29) is 53.6 Å². The third kappa shape index (κ3) is 8.57. The molecule has 2 aromatic heterocycles. The van der Waals surface area contributed by atoms with Gasteiger partial charge in [0.25, 0.3) is 0 Å². The first kappa shape index (κ1) is 36.1. The summed E-state index contributed by atoms with van der Waals surface area (Å²) in [5.74, 6) is 1.24. The summed E-state index contributed by atoms with van der Waals surface area (Å²) in [4.78, 5) is 32.3. The summed E-state index contributed by atoms with van der Waals surface area (Å²) in [6, 6.07) is 3.64. The van der Waals surface area contributed by atoms with Gasteiger partial charge in [-0.1, -0.05) is 24.4 Å². The number of rotatable bonds is 7. The number of carbonyl (C=O) groups is 1. The molecule has 6 rings (SSSR count). The lowest BCUT2D eigenvalue weighted by Gasteiger charge is -2.31. The Morgan fingerprint density at radius 2 is 1.63 bits per heavy atom. The van der Waals surface area contributed by atoms with Gasteiger partial charge in [-0.3, -0.25) is 5.32 Å². The number of anilines is 3. The van der Waals surface area contributed by atoms with Gasteiger partial charge >= 0.3 is 12.3 Å². The molecular formula is C29H39Cl3F3N9O2. The minimum atomic E-state index is -4.56. The van der Waals surface area contributed by atoms with Crippen molar-refractivity contribution >= 4 is 71.1 Å². The highest BCUT2D eigenvalue weighted by Gasteiger charge is 2.32. The zero-order chi connectivity index (χ0) is 30.8. The van der Waals surface area contributed by atoms with E-state index in [1.165, 1.54) is 17.9 Å². The number of alkyl halides is 3. The van der Waals surface area contributed by atoms with Crippen molar-refractivity contribution in [2.24, 2.45) is 5.73 Å². The molecule has 2 saturated carbocycles. The lowest BCUT2D eigenvalue weighted by atomic mass is 9.92. The maximum Gasteiger partial charge on any atom is 0.430 e. The Morgan fingerprint density at radius 3 is 2.30 bits per heavy atom. The summed E-state index contributed by atoms with van der Waals surface area (Å²) in [6.45, 7) is 0.833. The Labute approximate surface area is 282 Å². The molecule has 5 N–H and O–H groups in total. The largest absolute Gasteiger partial charge is 0.430 e. The number of nitrogens with zero attached hydrogens (tertiary/aromatic N) is 5. The lowest BCUT2D eigenvalue weighted by molar-refractivity contribution is -0.137. The number of aromatic nitrogens is 4. The molecular weight excluding hydrogens is 670 g/mol. The summed E-state index contributed by atoms with van der Waals surface area (Å²) in [7, 11) is 0. The van der Waals surface area contributed by atoms with Gasteiger partial charge in [0.2, 0.25) is 5.95 Å². The number of fused-ring (bicyclic) bond motifs is 1. The minimum Gasteiger partial charge on any atom is -0.365 e. The standard InChI is InChI=1S/C29H37ClF3N9O2.2ClH/c30-22-10-5-17(29(31,32)33)15-23(22)38-28(43)44-41-13-11-20(12-14-41)36-25-24-26(42(16-35-24)21-3-1-2-4-21)40-27(39-25)37-19-8-6-18(34)7-9-19;;/h5,10,15-16,18-21H,1-4,6-9,11-14,34H2,(H,38,43)(H2,36,37,39,40);2*1H/t18-,19-;;. The van der Waals surface area contributed by atoms with Crippen molar-refractivity contribution < 1.29 is 22.8 Å². The molecule has 1 saturated heterocycles. The highest BCUT2D eigenvalue weighted by atomic mass is 35.5. The van der Waals surface area contributed by atoms with E-state index >= 15 is 0 Å². The van der Waals surface area contributed by atoms with Gasteiger partial charge in [-0.25, -0.2) is 9.78 Å². The summed E-state index contributed by atoms with van der Waals surface area (Å²) >= 11 is 5.99. The number of carbonyl (C=O) groups excluding carboxylic acids is 1. The highest BCUT2D eigenvalue weighted by Crippen LogP contribution is 2.35. The van der Waals surface area contributed by atoms with Gasteiger partial charge < -0.3 is 25.8 Å². The van der Waals surface area contributed by atoms with Crippen LogP contribution in [-0.4, -0.2) is 61.9 Å². The van der Waals surface area contributed by atoms with Gasteiger partial charge in [0.05, 0.1) is 22.6 Å². The molecule has 3 aliphatic rings. The second kappa shape index (κ2) is 15.4.